The summed E-state index contributed by atoms with van der Waals surface area (Å²) in [6, 6.07) is 46.3. The summed E-state index contributed by atoms with van der Waals surface area (Å²) in [7, 11) is 0. The van der Waals surface area contributed by atoms with Crippen LogP contribution in [-0.4, -0.2) is 14.5 Å². The molecule has 0 aliphatic rings. The van der Waals surface area contributed by atoms with E-state index in [-0.39, 0.29) is 0 Å². The fraction of sp³-hybridized carbons (Fsp3) is 0. The van der Waals surface area contributed by atoms with Gasteiger partial charge in [-0.2, -0.15) is 0 Å². The van der Waals surface area contributed by atoms with Crippen molar-refractivity contribution in [2.24, 2.45) is 0 Å². The van der Waals surface area contributed by atoms with Gasteiger partial charge in [0.1, 0.15) is 0 Å². The molecule has 204 valence electrons. The summed E-state index contributed by atoms with van der Waals surface area (Å²) in [6.07, 6.45) is 0. The van der Waals surface area contributed by atoms with E-state index >= 15 is 0 Å². The SMILES string of the molecule is [C-]#[N+]c1ccc(-c2nc(-c3cccc(-n4c5ccccc5c5cc6sc7ccccc7c6cc54)c3)nc3ccccc23)cc1. The molecule has 3 aromatic heterocycles. The van der Waals surface area contributed by atoms with Crippen molar-refractivity contribution >= 4 is 69.9 Å². The maximum Gasteiger partial charge on any atom is 0.187 e. The highest BCUT2D eigenvalue weighted by molar-refractivity contribution is 7.25. The first-order valence-corrected chi connectivity index (χ1v) is 15.3. The van der Waals surface area contributed by atoms with Gasteiger partial charge in [-0.05, 0) is 48.0 Å². The number of thiophene rings is 1. The first-order valence-electron chi connectivity index (χ1n) is 14.5. The van der Waals surface area contributed by atoms with Gasteiger partial charge in [-0.3, -0.25) is 0 Å². The Kier molecular flexibility index (Phi) is 5.40. The first-order chi connectivity index (χ1) is 21.7. The van der Waals surface area contributed by atoms with Crippen molar-refractivity contribution in [3.05, 3.63) is 145 Å². The number of aromatic nitrogens is 3. The molecule has 4 nitrogen and oxygen atoms in total. The molecule has 0 aliphatic heterocycles. The number of nitrogens with zero attached hydrogens (tertiary/aromatic N) is 4. The summed E-state index contributed by atoms with van der Waals surface area (Å²) in [5.74, 6) is 0.668. The second-order valence-electron chi connectivity index (χ2n) is 10.9. The van der Waals surface area contributed by atoms with Crippen molar-refractivity contribution < 1.29 is 0 Å². The highest BCUT2D eigenvalue weighted by atomic mass is 32.1. The Labute approximate surface area is 256 Å². The molecular formula is C39H22N4S. The van der Waals surface area contributed by atoms with Gasteiger partial charge in [-0.1, -0.05) is 91.0 Å². The number of fused-ring (bicyclic) bond motifs is 7. The smallest absolute Gasteiger partial charge is 0.187 e. The van der Waals surface area contributed by atoms with E-state index < -0.39 is 0 Å². The maximum absolute atomic E-state index is 7.34. The van der Waals surface area contributed by atoms with Crippen LogP contribution < -0.4 is 0 Å². The van der Waals surface area contributed by atoms with Crippen LogP contribution >= 0.6 is 11.3 Å². The monoisotopic (exact) mass is 578 g/mol. The van der Waals surface area contributed by atoms with E-state index in [1.807, 2.05) is 53.8 Å². The topological polar surface area (TPSA) is 35.1 Å². The second kappa shape index (κ2) is 9.60. The molecule has 0 bridgehead atoms. The molecule has 9 aromatic rings. The lowest BCUT2D eigenvalue weighted by Crippen LogP contribution is -1.97. The Bertz CT molecular complexity index is 2620. The summed E-state index contributed by atoms with van der Waals surface area (Å²) < 4.78 is 4.98. The Morgan fingerprint density at radius 1 is 0.545 bits per heavy atom. The van der Waals surface area contributed by atoms with Gasteiger partial charge in [0.15, 0.2) is 11.5 Å². The van der Waals surface area contributed by atoms with Crippen molar-refractivity contribution in [1.29, 1.82) is 0 Å². The molecule has 0 atom stereocenters. The number of para-hydroxylation sites is 2. The van der Waals surface area contributed by atoms with Crippen LogP contribution in [0.4, 0.5) is 5.69 Å². The van der Waals surface area contributed by atoms with Crippen molar-refractivity contribution in [3.8, 4) is 28.3 Å². The molecular weight excluding hydrogens is 557 g/mol. The minimum Gasteiger partial charge on any atom is -0.309 e. The van der Waals surface area contributed by atoms with Gasteiger partial charge < -0.3 is 4.57 Å². The third-order valence-electron chi connectivity index (χ3n) is 8.41. The van der Waals surface area contributed by atoms with Gasteiger partial charge in [-0.15, -0.1) is 11.3 Å². The molecule has 9 rings (SSSR count). The summed E-state index contributed by atoms with van der Waals surface area (Å²) in [5.41, 5.74) is 7.67. The first kappa shape index (κ1) is 24.7. The molecule has 0 unspecified atom stereocenters. The predicted molar refractivity (Wildman–Crippen MR) is 184 cm³/mol. The van der Waals surface area contributed by atoms with Crippen molar-refractivity contribution in [3.63, 3.8) is 0 Å². The van der Waals surface area contributed by atoms with Gasteiger partial charge in [0.25, 0.3) is 0 Å². The molecule has 0 N–H and O–H groups in total. The lowest BCUT2D eigenvalue weighted by atomic mass is 10.1. The van der Waals surface area contributed by atoms with Crippen LogP contribution in [0.3, 0.4) is 0 Å². The van der Waals surface area contributed by atoms with E-state index in [9.17, 15) is 0 Å². The highest BCUT2D eigenvalue weighted by Crippen LogP contribution is 2.41. The van der Waals surface area contributed by atoms with Crippen LogP contribution in [-0.2, 0) is 0 Å². The van der Waals surface area contributed by atoms with Crippen LogP contribution in [0.2, 0.25) is 0 Å². The Balaban J connectivity index is 1.27. The van der Waals surface area contributed by atoms with E-state index in [4.69, 9.17) is 16.5 Å². The van der Waals surface area contributed by atoms with Crippen LogP contribution in [0.15, 0.2) is 133 Å². The van der Waals surface area contributed by atoms with E-state index in [1.54, 1.807) is 0 Å². The fourth-order valence-corrected chi connectivity index (χ4v) is 7.50. The Morgan fingerprint density at radius 2 is 1.32 bits per heavy atom. The maximum atomic E-state index is 7.34. The lowest BCUT2D eigenvalue weighted by Gasteiger charge is -2.12. The van der Waals surface area contributed by atoms with E-state index in [1.165, 1.54) is 42.0 Å². The standard InChI is InChI=1S/C39H22N4S/c1-40-26-19-17-24(18-20-26)38-30-13-2-5-14-33(30)41-39(42-38)25-9-8-10-27(21-25)43-34-15-6-3-11-28(34)31-23-37-32(22-35(31)43)29-12-4-7-16-36(29)44-37/h2-23H. The minimum absolute atomic E-state index is 0.610. The summed E-state index contributed by atoms with van der Waals surface area (Å²) in [6.45, 7) is 7.34. The molecule has 0 radical (unpaired) electrons. The zero-order valence-electron chi connectivity index (χ0n) is 23.4. The summed E-state index contributed by atoms with van der Waals surface area (Å²) in [5, 5.41) is 6.04. The number of rotatable bonds is 3. The van der Waals surface area contributed by atoms with Crippen LogP contribution in [0, 0.1) is 6.57 Å². The Hall–Kier alpha value is -5.83. The van der Waals surface area contributed by atoms with Gasteiger partial charge in [-0.25, -0.2) is 14.8 Å². The zero-order valence-corrected chi connectivity index (χ0v) is 24.2. The largest absolute Gasteiger partial charge is 0.309 e. The highest BCUT2D eigenvalue weighted by Gasteiger charge is 2.17. The van der Waals surface area contributed by atoms with Crippen LogP contribution in [0.1, 0.15) is 0 Å². The van der Waals surface area contributed by atoms with Gasteiger partial charge in [0.05, 0.1) is 28.8 Å². The average Bonchev–Trinajstić information content (AvgIpc) is 3.61. The molecule has 0 saturated heterocycles. The third kappa shape index (κ3) is 3.75. The predicted octanol–water partition coefficient (Wildman–Crippen LogP) is 11.0. The molecule has 0 aliphatic carbocycles. The summed E-state index contributed by atoms with van der Waals surface area (Å²) in [4.78, 5) is 13.7. The fourth-order valence-electron chi connectivity index (χ4n) is 6.37. The van der Waals surface area contributed by atoms with Crippen molar-refractivity contribution in [2.45, 2.75) is 0 Å². The van der Waals surface area contributed by atoms with Gasteiger partial charge >= 0.3 is 0 Å². The third-order valence-corrected chi connectivity index (χ3v) is 9.54. The van der Waals surface area contributed by atoms with Gasteiger partial charge in [0.2, 0.25) is 0 Å². The van der Waals surface area contributed by atoms with E-state index in [2.05, 4.69) is 100 Å². The number of benzene rings is 6. The quantitative estimate of drug-likeness (QED) is 0.196. The van der Waals surface area contributed by atoms with E-state index in [0.717, 1.165) is 33.4 Å². The van der Waals surface area contributed by atoms with Crippen molar-refractivity contribution in [1.82, 2.24) is 14.5 Å². The van der Waals surface area contributed by atoms with Crippen LogP contribution in [0.25, 0.3) is 86.1 Å². The molecule has 0 amide bonds. The number of hydrogen-bond donors (Lipinski definition) is 0. The van der Waals surface area contributed by atoms with Gasteiger partial charge in [0, 0.05) is 47.6 Å². The average molecular weight is 579 g/mol. The Morgan fingerprint density at radius 3 is 2.18 bits per heavy atom. The zero-order chi connectivity index (χ0) is 29.2. The summed E-state index contributed by atoms with van der Waals surface area (Å²) >= 11 is 1.85. The molecule has 5 heteroatoms. The van der Waals surface area contributed by atoms with Crippen molar-refractivity contribution in [2.75, 3.05) is 0 Å². The normalized spacial score (nSPS) is 11.6. The molecule has 0 fully saturated rings. The molecule has 44 heavy (non-hydrogen) atoms. The lowest BCUT2D eigenvalue weighted by molar-refractivity contribution is 1.17. The number of hydrogen-bond acceptors (Lipinski definition) is 3. The molecule has 3 heterocycles. The second-order valence-corrected chi connectivity index (χ2v) is 12.0. The molecule has 0 spiro atoms. The molecule has 0 saturated carbocycles. The van der Waals surface area contributed by atoms with E-state index in [0.29, 0.717) is 11.5 Å². The molecule has 6 aromatic carbocycles. The minimum atomic E-state index is 0.610. The van der Waals surface area contributed by atoms with Crippen LogP contribution in [0.5, 0.6) is 0 Å².